The Morgan fingerprint density at radius 1 is 1.32 bits per heavy atom. The Morgan fingerprint density at radius 3 is 3.14 bits per heavy atom. The molecule has 0 saturated carbocycles. The number of hydrogen-bond donors (Lipinski definition) is 0. The molecular formula is C15H15N5OS. The number of nitrogens with zero attached hydrogens (tertiary/aromatic N) is 5. The van der Waals surface area contributed by atoms with Crippen molar-refractivity contribution >= 4 is 22.9 Å². The molecule has 22 heavy (non-hydrogen) atoms. The van der Waals surface area contributed by atoms with E-state index in [0.29, 0.717) is 5.69 Å². The minimum absolute atomic E-state index is 0.00105. The van der Waals surface area contributed by atoms with E-state index >= 15 is 0 Å². The Labute approximate surface area is 131 Å². The van der Waals surface area contributed by atoms with Gasteiger partial charge in [-0.25, -0.2) is 14.5 Å². The highest BCUT2D eigenvalue weighted by atomic mass is 32.1. The molecule has 112 valence electrons. The van der Waals surface area contributed by atoms with E-state index in [2.05, 4.69) is 15.1 Å². The highest BCUT2D eigenvalue weighted by Crippen LogP contribution is 2.31. The standard InChI is InChI=1S/C15H15N5OS/c21-15(12-9-22-10-16-12)19-7-2-1-3-13(19)11-5-8-20-14(18-11)4-6-17-20/h4-6,8-10,13H,1-3,7H2. The van der Waals surface area contributed by atoms with E-state index in [-0.39, 0.29) is 11.9 Å². The van der Waals surface area contributed by atoms with Crippen molar-refractivity contribution in [3.05, 3.63) is 46.8 Å². The third-order valence-corrected chi connectivity index (χ3v) is 4.62. The molecule has 4 rings (SSSR count). The van der Waals surface area contributed by atoms with E-state index in [9.17, 15) is 4.79 Å². The number of aromatic nitrogens is 4. The van der Waals surface area contributed by atoms with Gasteiger partial charge in [-0.3, -0.25) is 4.79 Å². The Hall–Kier alpha value is -2.28. The van der Waals surface area contributed by atoms with Crippen molar-refractivity contribution in [2.45, 2.75) is 25.3 Å². The number of carbonyl (C=O) groups is 1. The Bertz CT molecular complexity index is 797. The fraction of sp³-hybridized carbons (Fsp3) is 0.333. The molecule has 1 unspecified atom stereocenters. The van der Waals surface area contributed by atoms with Crippen molar-refractivity contribution in [2.75, 3.05) is 6.54 Å². The molecule has 1 saturated heterocycles. The van der Waals surface area contributed by atoms with Gasteiger partial charge in [-0.1, -0.05) is 0 Å². The predicted octanol–water partition coefficient (Wildman–Crippen LogP) is 2.55. The van der Waals surface area contributed by atoms with Gasteiger partial charge in [-0.2, -0.15) is 5.10 Å². The summed E-state index contributed by atoms with van der Waals surface area (Å²) in [4.78, 5) is 23.4. The van der Waals surface area contributed by atoms with E-state index in [1.54, 1.807) is 16.2 Å². The van der Waals surface area contributed by atoms with Crippen molar-refractivity contribution in [2.24, 2.45) is 0 Å². The van der Waals surface area contributed by atoms with Crippen LogP contribution in [0.4, 0.5) is 0 Å². The van der Waals surface area contributed by atoms with Gasteiger partial charge in [0.2, 0.25) is 0 Å². The van der Waals surface area contributed by atoms with Gasteiger partial charge >= 0.3 is 0 Å². The SMILES string of the molecule is O=C(c1cscn1)N1CCCCC1c1ccn2nccc2n1. The molecule has 4 heterocycles. The number of hydrogen-bond acceptors (Lipinski definition) is 5. The molecule has 1 aliphatic rings. The quantitative estimate of drug-likeness (QED) is 0.729. The zero-order valence-electron chi connectivity index (χ0n) is 11.9. The molecule has 1 aliphatic heterocycles. The minimum atomic E-state index is 0.00105. The zero-order valence-corrected chi connectivity index (χ0v) is 12.7. The minimum Gasteiger partial charge on any atom is -0.329 e. The van der Waals surface area contributed by atoms with E-state index in [4.69, 9.17) is 0 Å². The summed E-state index contributed by atoms with van der Waals surface area (Å²) in [6, 6.07) is 3.85. The summed E-state index contributed by atoms with van der Waals surface area (Å²) < 4.78 is 1.74. The lowest BCUT2D eigenvalue weighted by Gasteiger charge is -2.35. The average molecular weight is 313 g/mol. The van der Waals surface area contributed by atoms with Crippen LogP contribution < -0.4 is 0 Å². The molecule has 7 heteroatoms. The maximum atomic E-state index is 12.7. The summed E-state index contributed by atoms with van der Waals surface area (Å²) in [5.41, 5.74) is 3.96. The zero-order chi connectivity index (χ0) is 14.9. The summed E-state index contributed by atoms with van der Waals surface area (Å²) in [5, 5.41) is 5.97. The molecule has 0 aromatic carbocycles. The monoisotopic (exact) mass is 313 g/mol. The third kappa shape index (κ3) is 2.27. The number of likely N-dealkylation sites (tertiary alicyclic amines) is 1. The summed E-state index contributed by atoms with van der Waals surface area (Å²) in [5.74, 6) is 0.00105. The van der Waals surface area contributed by atoms with Crippen LogP contribution in [0, 0.1) is 0 Å². The van der Waals surface area contributed by atoms with Gasteiger partial charge in [0.15, 0.2) is 5.65 Å². The van der Waals surface area contributed by atoms with Crippen LogP contribution in [0.5, 0.6) is 0 Å². The van der Waals surface area contributed by atoms with Gasteiger partial charge < -0.3 is 4.90 Å². The van der Waals surface area contributed by atoms with Crippen molar-refractivity contribution in [1.29, 1.82) is 0 Å². The Morgan fingerprint density at radius 2 is 2.27 bits per heavy atom. The van der Waals surface area contributed by atoms with Crippen molar-refractivity contribution in [1.82, 2.24) is 24.5 Å². The predicted molar refractivity (Wildman–Crippen MR) is 82.7 cm³/mol. The average Bonchev–Trinajstić information content (AvgIpc) is 3.24. The fourth-order valence-electron chi connectivity index (χ4n) is 2.96. The maximum Gasteiger partial charge on any atom is 0.273 e. The van der Waals surface area contributed by atoms with Crippen LogP contribution in [0.3, 0.4) is 0 Å². The van der Waals surface area contributed by atoms with Crippen LogP contribution >= 0.6 is 11.3 Å². The van der Waals surface area contributed by atoms with Crippen molar-refractivity contribution < 1.29 is 4.79 Å². The van der Waals surface area contributed by atoms with Crippen LogP contribution in [0.1, 0.15) is 41.5 Å². The lowest BCUT2D eigenvalue weighted by molar-refractivity contribution is 0.0601. The number of fused-ring (bicyclic) bond motifs is 1. The van der Waals surface area contributed by atoms with Gasteiger partial charge in [-0.05, 0) is 25.3 Å². The third-order valence-electron chi connectivity index (χ3n) is 4.04. The van der Waals surface area contributed by atoms with E-state index in [1.165, 1.54) is 11.3 Å². The normalized spacial score (nSPS) is 18.7. The molecular weight excluding hydrogens is 298 g/mol. The summed E-state index contributed by atoms with van der Waals surface area (Å²) >= 11 is 1.45. The number of amides is 1. The molecule has 1 atom stereocenters. The first kappa shape index (κ1) is 13.4. The van der Waals surface area contributed by atoms with Gasteiger partial charge in [0, 0.05) is 24.2 Å². The number of thiazole rings is 1. The number of carbonyl (C=O) groups excluding carboxylic acids is 1. The van der Waals surface area contributed by atoms with E-state index < -0.39 is 0 Å². The summed E-state index contributed by atoms with van der Waals surface area (Å²) in [6.07, 6.45) is 6.70. The topological polar surface area (TPSA) is 63.4 Å². The van der Waals surface area contributed by atoms with Crippen molar-refractivity contribution in [3.63, 3.8) is 0 Å². The Kier molecular flexibility index (Phi) is 3.34. The van der Waals surface area contributed by atoms with Crippen molar-refractivity contribution in [3.8, 4) is 0 Å². The lowest BCUT2D eigenvalue weighted by Crippen LogP contribution is -2.39. The molecule has 6 nitrogen and oxygen atoms in total. The van der Waals surface area contributed by atoms with Crippen LogP contribution in [0.2, 0.25) is 0 Å². The number of piperidine rings is 1. The Balaban J connectivity index is 1.69. The van der Waals surface area contributed by atoms with Crippen LogP contribution in [-0.2, 0) is 0 Å². The van der Waals surface area contributed by atoms with Gasteiger partial charge in [0.25, 0.3) is 5.91 Å². The first-order chi connectivity index (χ1) is 10.8. The second-order valence-corrected chi connectivity index (χ2v) is 6.09. The van der Waals surface area contributed by atoms with Gasteiger partial charge in [-0.15, -0.1) is 11.3 Å². The van der Waals surface area contributed by atoms with Crippen LogP contribution in [0.25, 0.3) is 5.65 Å². The molecule has 3 aromatic rings. The summed E-state index contributed by atoms with van der Waals surface area (Å²) in [6.45, 7) is 0.757. The molecule has 1 fully saturated rings. The van der Waals surface area contributed by atoms with E-state index in [0.717, 1.165) is 37.1 Å². The van der Waals surface area contributed by atoms with Gasteiger partial charge in [0.1, 0.15) is 5.69 Å². The highest BCUT2D eigenvalue weighted by molar-refractivity contribution is 7.07. The summed E-state index contributed by atoms with van der Waals surface area (Å²) in [7, 11) is 0. The molecule has 3 aromatic heterocycles. The molecule has 0 spiro atoms. The molecule has 1 amide bonds. The first-order valence-corrected chi connectivity index (χ1v) is 8.27. The van der Waals surface area contributed by atoms with Crippen LogP contribution in [-0.4, -0.2) is 36.9 Å². The maximum absolute atomic E-state index is 12.7. The lowest BCUT2D eigenvalue weighted by atomic mass is 9.98. The second kappa shape index (κ2) is 5.49. The fourth-order valence-corrected chi connectivity index (χ4v) is 3.49. The van der Waals surface area contributed by atoms with Gasteiger partial charge in [0.05, 0.1) is 23.4 Å². The van der Waals surface area contributed by atoms with Crippen LogP contribution in [0.15, 0.2) is 35.4 Å². The molecule has 0 radical (unpaired) electrons. The van der Waals surface area contributed by atoms with E-state index in [1.807, 2.05) is 28.6 Å². The molecule has 0 bridgehead atoms. The largest absolute Gasteiger partial charge is 0.329 e. The highest BCUT2D eigenvalue weighted by Gasteiger charge is 2.30. The molecule has 0 N–H and O–H groups in total. The molecule has 0 aliphatic carbocycles. The number of rotatable bonds is 2. The first-order valence-electron chi connectivity index (χ1n) is 7.32. The second-order valence-electron chi connectivity index (χ2n) is 5.37. The smallest absolute Gasteiger partial charge is 0.273 e.